The molecule has 2 heterocycles. The Morgan fingerprint density at radius 2 is 1.36 bits per heavy atom. The minimum atomic E-state index is -0.133. The number of rotatable bonds is 14. The van der Waals surface area contributed by atoms with Crippen molar-refractivity contribution in [3.63, 3.8) is 0 Å². The molecule has 9 heteroatoms. The number of anilines is 2. The second-order valence-corrected chi connectivity index (χ2v) is 10.9. The Kier molecular flexibility index (Phi) is 10.4. The van der Waals surface area contributed by atoms with E-state index < -0.39 is 0 Å². The van der Waals surface area contributed by atoms with Gasteiger partial charge >= 0.3 is 0 Å². The van der Waals surface area contributed by atoms with Crippen LogP contribution in [0.15, 0.2) is 89.9 Å². The van der Waals surface area contributed by atoms with Crippen molar-refractivity contribution in [1.29, 1.82) is 0 Å². The standard InChI is InChI=1S/C35H38ClN5O3/c1-4-5-19-37-33-32-31(18-20-40(34(32)42)22-26-8-6-25(21-36)7-9-26)38-35(39-33)41(23-27-10-14-29(43-2)15-11-27)24-28-12-16-30(44-3)17-13-28/h6-18,20H,4-5,19,21-24H2,1-3H3,(H,37,38,39). The van der Waals surface area contributed by atoms with Crippen molar-refractivity contribution >= 4 is 34.3 Å². The zero-order valence-corrected chi connectivity index (χ0v) is 26.2. The topological polar surface area (TPSA) is 81.5 Å². The maximum Gasteiger partial charge on any atom is 0.264 e. The fourth-order valence-electron chi connectivity index (χ4n) is 4.98. The molecule has 228 valence electrons. The van der Waals surface area contributed by atoms with Crippen molar-refractivity contribution in [2.45, 2.75) is 45.3 Å². The Balaban J connectivity index is 1.55. The van der Waals surface area contributed by atoms with E-state index in [2.05, 4.69) is 17.1 Å². The van der Waals surface area contributed by atoms with Gasteiger partial charge in [0.25, 0.3) is 5.56 Å². The first kappa shape index (κ1) is 30.9. The highest BCUT2D eigenvalue weighted by Gasteiger charge is 2.18. The SMILES string of the molecule is CCCCNc1nc(N(Cc2ccc(OC)cc2)Cc2ccc(OC)cc2)nc2ccn(Cc3ccc(CCl)cc3)c(=O)c12. The lowest BCUT2D eigenvalue weighted by Gasteiger charge is -2.24. The molecule has 0 saturated carbocycles. The number of fused-ring (bicyclic) bond motifs is 1. The molecule has 0 aliphatic carbocycles. The number of ether oxygens (including phenoxy) is 2. The average molecular weight is 612 g/mol. The third-order valence-corrected chi connectivity index (χ3v) is 7.82. The molecule has 0 amide bonds. The molecular weight excluding hydrogens is 574 g/mol. The van der Waals surface area contributed by atoms with Crippen LogP contribution in [0.2, 0.25) is 0 Å². The summed E-state index contributed by atoms with van der Waals surface area (Å²) in [7, 11) is 3.32. The monoisotopic (exact) mass is 611 g/mol. The predicted octanol–water partition coefficient (Wildman–Crippen LogP) is 7.01. The quantitative estimate of drug-likeness (QED) is 0.107. The summed E-state index contributed by atoms with van der Waals surface area (Å²) < 4.78 is 12.4. The first-order chi connectivity index (χ1) is 21.5. The number of hydrogen-bond acceptors (Lipinski definition) is 7. The van der Waals surface area contributed by atoms with Crippen LogP contribution >= 0.6 is 11.6 Å². The normalized spacial score (nSPS) is 11.0. The molecular formula is C35H38ClN5O3. The molecule has 2 aromatic heterocycles. The van der Waals surface area contributed by atoms with Crippen LogP contribution in [0, 0.1) is 0 Å². The lowest BCUT2D eigenvalue weighted by atomic mass is 10.1. The fourth-order valence-corrected chi connectivity index (χ4v) is 5.16. The Morgan fingerprint density at radius 1 is 0.795 bits per heavy atom. The summed E-state index contributed by atoms with van der Waals surface area (Å²) in [6, 6.07) is 25.9. The van der Waals surface area contributed by atoms with Crippen LogP contribution in [0.4, 0.5) is 11.8 Å². The first-order valence-corrected chi connectivity index (χ1v) is 15.3. The van der Waals surface area contributed by atoms with Crippen molar-refractivity contribution in [2.24, 2.45) is 0 Å². The number of hydrogen-bond donors (Lipinski definition) is 1. The molecule has 0 fully saturated rings. The highest BCUT2D eigenvalue weighted by molar-refractivity contribution is 6.17. The number of unbranched alkanes of at least 4 members (excludes halogenated alkanes) is 1. The molecule has 0 aliphatic heterocycles. The molecule has 1 N–H and O–H groups in total. The van der Waals surface area contributed by atoms with E-state index in [1.807, 2.05) is 85.1 Å². The Morgan fingerprint density at radius 3 is 1.91 bits per heavy atom. The van der Waals surface area contributed by atoms with Crippen LogP contribution in [-0.4, -0.2) is 35.3 Å². The summed E-state index contributed by atoms with van der Waals surface area (Å²) in [5, 5.41) is 3.93. The van der Waals surface area contributed by atoms with E-state index in [4.69, 9.17) is 31.0 Å². The molecule has 0 saturated heterocycles. The van der Waals surface area contributed by atoms with Crippen LogP contribution in [0.3, 0.4) is 0 Å². The van der Waals surface area contributed by atoms with Crippen LogP contribution < -0.4 is 25.2 Å². The lowest BCUT2D eigenvalue weighted by molar-refractivity contribution is 0.414. The number of halogens is 1. The van der Waals surface area contributed by atoms with Gasteiger partial charge in [-0.25, -0.2) is 4.98 Å². The number of benzene rings is 3. The minimum absolute atomic E-state index is 0.133. The van der Waals surface area contributed by atoms with E-state index in [1.54, 1.807) is 18.8 Å². The zero-order valence-electron chi connectivity index (χ0n) is 25.4. The van der Waals surface area contributed by atoms with Crippen molar-refractivity contribution < 1.29 is 9.47 Å². The maximum absolute atomic E-state index is 13.9. The minimum Gasteiger partial charge on any atom is -0.497 e. The van der Waals surface area contributed by atoms with Gasteiger partial charge in [-0.05, 0) is 59.0 Å². The Hall–Kier alpha value is -4.56. The molecule has 5 aromatic rings. The predicted molar refractivity (Wildman–Crippen MR) is 178 cm³/mol. The van der Waals surface area contributed by atoms with Crippen LogP contribution in [0.5, 0.6) is 11.5 Å². The summed E-state index contributed by atoms with van der Waals surface area (Å²) in [5.41, 5.74) is 4.69. The van der Waals surface area contributed by atoms with Gasteiger partial charge in [0, 0.05) is 31.7 Å². The molecule has 3 aromatic carbocycles. The van der Waals surface area contributed by atoms with Gasteiger partial charge in [0.05, 0.1) is 26.3 Å². The number of nitrogens with one attached hydrogen (secondary N) is 1. The average Bonchev–Trinajstić information content (AvgIpc) is 3.06. The van der Waals surface area contributed by atoms with Gasteiger partial charge in [-0.1, -0.05) is 61.9 Å². The van der Waals surface area contributed by atoms with Gasteiger partial charge < -0.3 is 24.3 Å². The van der Waals surface area contributed by atoms with Crippen LogP contribution in [0.1, 0.15) is 42.0 Å². The molecule has 0 aliphatic rings. The van der Waals surface area contributed by atoms with E-state index >= 15 is 0 Å². The molecule has 5 rings (SSSR count). The molecule has 0 unspecified atom stereocenters. The summed E-state index contributed by atoms with van der Waals surface area (Å²) >= 11 is 5.96. The van der Waals surface area contributed by atoms with E-state index in [0.29, 0.717) is 54.7 Å². The van der Waals surface area contributed by atoms with Gasteiger partial charge in [0.15, 0.2) is 0 Å². The highest BCUT2D eigenvalue weighted by atomic mass is 35.5. The van der Waals surface area contributed by atoms with Crippen molar-refractivity contribution in [3.8, 4) is 11.5 Å². The zero-order chi connectivity index (χ0) is 30.9. The smallest absolute Gasteiger partial charge is 0.264 e. The van der Waals surface area contributed by atoms with Crippen LogP contribution in [0.25, 0.3) is 10.9 Å². The van der Waals surface area contributed by atoms with Gasteiger partial charge in [-0.2, -0.15) is 4.98 Å². The molecule has 0 atom stereocenters. The molecule has 0 spiro atoms. The molecule has 8 nitrogen and oxygen atoms in total. The molecule has 44 heavy (non-hydrogen) atoms. The van der Waals surface area contributed by atoms with Gasteiger partial charge in [0.2, 0.25) is 5.95 Å². The lowest BCUT2D eigenvalue weighted by Crippen LogP contribution is -2.27. The summed E-state index contributed by atoms with van der Waals surface area (Å²) in [6.07, 6.45) is 3.78. The van der Waals surface area contributed by atoms with Gasteiger partial charge in [0.1, 0.15) is 22.7 Å². The molecule has 0 radical (unpaired) electrons. The largest absolute Gasteiger partial charge is 0.497 e. The van der Waals surface area contributed by atoms with E-state index in [-0.39, 0.29) is 5.56 Å². The highest BCUT2D eigenvalue weighted by Crippen LogP contribution is 2.25. The van der Waals surface area contributed by atoms with E-state index in [0.717, 1.165) is 46.6 Å². The van der Waals surface area contributed by atoms with Crippen LogP contribution in [-0.2, 0) is 25.5 Å². The van der Waals surface area contributed by atoms with Crippen molar-refractivity contribution in [1.82, 2.24) is 14.5 Å². The van der Waals surface area contributed by atoms with E-state index in [1.165, 1.54) is 0 Å². The summed E-state index contributed by atoms with van der Waals surface area (Å²) in [6.45, 7) is 4.40. The second kappa shape index (κ2) is 14.8. The third-order valence-electron chi connectivity index (χ3n) is 7.51. The first-order valence-electron chi connectivity index (χ1n) is 14.8. The maximum atomic E-state index is 13.9. The summed E-state index contributed by atoms with van der Waals surface area (Å²) in [5.74, 6) is 3.13. The number of methoxy groups -OCH3 is 2. The Labute approximate surface area is 263 Å². The number of aromatic nitrogens is 3. The fraction of sp³-hybridized carbons (Fsp3) is 0.286. The second-order valence-electron chi connectivity index (χ2n) is 10.7. The molecule has 0 bridgehead atoms. The number of pyridine rings is 1. The van der Waals surface area contributed by atoms with Gasteiger partial charge in [-0.15, -0.1) is 11.6 Å². The number of alkyl halides is 1. The number of nitrogens with zero attached hydrogens (tertiary/aromatic N) is 4. The third kappa shape index (κ3) is 7.50. The van der Waals surface area contributed by atoms with Crippen molar-refractivity contribution in [2.75, 3.05) is 31.0 Å². The van der Waals surface area contributed by atoms with E-state index in [9.17, 15) is 4.79 Å². The van der Waals surface area contributed by atoms with Gasteiger partial charge in [-0.3, -0.25) is 4.79 Å². The Bertz CT molecular complexity index is 1670. The summed E-state index contributed by atoms with van der Waals surface area (Å²) in [4.78, 5) is 25.9. The van der Waals surface area contributed by atoms with Crippen molar-refractivity contribution in [3.05, 3.63) is 118 Å².